The van der Waals surface area contributed by atoms with Crippen molar-refractivity contribution in [1.82, 2.24) is 4.90 Å². The third-order valence-electron chi connectivity index (χ3n) is 4.40. The second kappa shape index (κ2) is 4.69. The summed E-state index contributed by atoms with van der Waals surface area (Å²) in [5.41, 5.74) is 9.96. The van der Waals surface area contributed by atoms with Crippen molar-refractivity contribution in [2.24, 2.45) is 0 Å². The average molecular weight is 230 g/mol. The maximum Gasteiger partial charge on any atom is 0.0349 e. The van der Waals surface area contributed by atoms with Gasteiger partial charge in [-0.1, -0.05) is 18.6 Å². The van der Waals surface area contributed by atoms with E-state index in [4.69, 9.17) is 5.73 Å². The molecule has 1 atom stereocenters. The first-order chi connectivity index (χ1) is 8.34. The van der Waals surface area contributed by atoms with Crippen molar-refractivity contribution in [3.63, 3.8) is 0 Å². The lowest BCUT2D eigenvalue weighted by Gasteiger charge is -2.37. The van der Waals surface area contributed by atoms with Gasteiger partial charge in [0.25, 0.3) is 0 Å². The lowest BCUT2D eigenvalue weighted by Crippen LogP contribution is -2.42. The second-order valence-electron chi connectivity index (χ2n) is 5.48. The van der Waals surface area contributed by atoms with Crippen LogP contribution in [0.2, 0.25) is 0 Å². The van der Waals surface area contributed by atoms with E-state index in [9.17, 15) is 0 Å². The first-order valence-electron chi connectivity index (χ1n) is 6.95. The van der Waals surface area contributed by atoms with Crippen LogP contribution in [0.15, 0.2) is 18.2 Å². The Bertz CT molecular complexity index is 394. The molecule has 1 aliphatic carbocycles. The number of hydrogen-bond acceptors (Lipinski definition) is 2. The molecule has 0 saturated carbocycles. The molecular formula is C15H22N2. The Morgan fingerprint density at radius 2 is 1.94 bits per heavy atom. The van der Waals surface area contributed by atoms with E-state index in [1.807, 2.05) is 6.07 Å². The zero-order valence-corrected chi connectivity index (χ0v) is 10.5. The van der Waals surface area contributed by atoms with E-state index in [0.29, 0.717) is 0 Å². The molecule has 1 aromatic rings. The number of fused-ring (bicyclic) bond motifs is 1. The van der Waals surface area contributed by atoms with Crippen molar-refractivity contribution >= 4 is 5.69 Å². The van der Waals surface area contributed by atoms with E-state index in [1.54, 1.807) is 0 Å². The topological polar surface area (TPSA) is 29.3 Å². The van der Waals surface area contributed by atoms with Crippen molar-refractivity contribution in [1.29, 1.82) is 0 Å². The van der Waals surface area contributed by atoms with Gasteiger partial charge in [-0.3, -0.25) is 0 Å². The number of nitrogens with two attached hydrogens (primary N) is 1. The lowest BCUT2D eigenvalue weighted by atomic mass is 9.86. The van der Waals surface area contributed by atoms with Crippen LogP contribution in [0.1, 0.15) is 36.8 Å². The molecule has 2 heteroatoms. The van der Waals surface area contributed by atoms with Gasteiger partial charge in [-0.15, -0.1) is 0 Å². The molecule has 0 spiro atoms. The van der Waals surface area contributed by atoms with Crippen molar-refractivity contribution in [2.45, 2.75) is 44.6 Å². The normalized spacial score (nSPS) is 25.5. The van der Waals surface area contributed by atoms with Crippen LogP contribution >= 0.6 is 0 Å². The SMILES string of the molecule is Nc1cccc2c1CCC(N1CCCCC1)C2. The molecule has 0 bridgehead atoms. The van der Waals surface area contributed by atoms with Gasteiger partial charge < -0.3 is 10.6 Å². The summed E-state index contributed by atoms with van der Waals surface area (Å²) in [5, 5.41) is 0. The fourth-order valence-corrected chi connectivity index (χ4v) is 3.41. The molecule has 2 nitrogen and oxygen atoms in total. The predicted molar refractivity (Wildman–Crippen MR) is 72.1 cm³/mol. The second-order valence-corrected chi connectivity index (χ2v) is 5.48. The Labute approximate surface area is 104 Å². The molecule has 1 unspecified atom stereocenters. The van der Waals surface area contributed by atoms with Gasteiger partial charge in [0.15, 0.2) is 0 Å². The minimum Gasteiger partial charge on any atom is -0.398 e. The molecule has 0 amide bonds. The molecular weight excluding hydrogens is 208 g/mol. The zero-order valence-electron chi connectivity index (χ0n) is 10.5. The van der Waals surface area contributed by atoms with Gasteiger partial charge >= 0.3 is 0 Å². The van der Waals surface area contributed by atoms with Gasteiger partial charge in [0, 0.05) is 11.7 Å². The van der Waals surface area contributed by atoms with E-state index >= 15 is 0 Å². The molecule has 2 aliphatic rings. The van der Waals surface area contributed by atoms with Crippen LogP contribution in [0.25, 0.3) is 0 Å². The molecule has 1 fully saturated rings. The van der Waals surface area contributed by atoms with Gasteiger partial charge in [-0.05, 0) is 62.4 Å². The minimum absolute atomic E-state index is 0.768. The number of nitrogens with zero attached hydrogens (tertiary/aromatic N) is 1. The minimum atomic E-state index is 0.768. The molecule has 92 valence electrons. The summed E-state index contributed by atoms with van der Waals surface area (Å²) in [6.07, 6.45) is 7.87. The molecule has 1 aromatic carbocycles. The number of likely N-dealkylation sites (tertiary alicyclic amines) is 1. The summed E-state index contributed by atoms with van der Waals surface area (Å²) in [4.78, 5) is 2.70. The summed E-state index contributed by atoms with van der Waals surface area (Å²) in [5.74, 6) is 0. The van der Waals surface area contributed by atoms with E-state index in [2.05, 4.69) is 17.0 Å². The van der Waals surface area contributed by atoms with Gasteiger partial charge in [-0.25, -0.2) is 0 Å². The molecule has 1 heterocycles. The van der Waals surface area contributed by atoms with Crippen LogP contribution in [0.4, 0.5) is 5.69 Å². The largest absolute Gasteiger partial charge is 0.398 e. The van der Waals surface area contributed by atoms with Gasteiger partial charge in [0.2, 0.25) is 0 Å². The Hall–Kier alpha value is -1.02. The molecule has 0 radical (unpaired) electrons. The number of anilines is 1. The van der Waals surface area contributed by atoms with Gasteiger partial charge in [-0.2, -0.15) is 0 Å². The fourth-order valence-electron chi connectivity index (χ4n) is 3.41. The molecule has 0 aromatic heterocycles. The third-order valence-corrected chi connectivity index (χ3v) is 4.40. The summed E-state index contributed by atoms with van der Waals surface area (Å²) < 4.78 is 0. The van der Waals surface area contributed by atoms with E-state index in [-0.39, 0.29) is 0 Å². The quantitative estimate of drug-likeness (QED) is 0.751. The molecule has 3 rings (SSSR count). The first kappa shape index (κ1) is 11.1. The van der Waals surface area contributed by atoms with Crippen LogP contribution in [-0.2, 0) is 12.8 Å². The zero-order chi connectivity index (χ0) is 11.7. The lowest BCUT2D eigenvalue weighted by molar-refractivity contribution is 0.150. The van der Waals surface area contributed by atoms with Crippen LogP contribution in [0.5, 0.6) is 0 Å². The average Bonchev–Trinajstić information content (AvgIpc) is 2.40. The number of nitrogen functional groups attached to an aromatic ring is 1. The number of benzene rings is 1. The highest BCUT2D eigenvalue weighted by Crippen LogP contribution is 2.29. The summed E-state index contributed by atoms with van der Waals surface area (Å²) >= 11 is 0. The standard InChI is InChI=1S/C15H22N2/c16-15-6-4-5-12-11-13(7-8-14(12)15)17-9-2-1-3-10-17/h4-6,13H,1-3,7-11,16H2. The number of rotatable bonds is 1. The van der Waals surface area contributed by atoms with E-state index in [0.717, 1.165) is 11.7 Å². The highest BCUT2D eigenvalue weighted by molar-refractivity contribution is 5.52. The van der Waals surface area contributed by atoms with E-state index in [1.165, 1.54) is 62.7 Å². The van der Waals surface area contributed by atoms with Crippen molar-refractivity contribution in [3.8, 4) is 0 Å². The van der Waals surface area contributed by atoms with Crippen LogP contribution in [-0.4, -0.2) is 24.0 Å². The molecule has 17 heavy (non-hydrogen) atoms. The van der Waals surface area contributed by atoms with Crippen molar-refractivity contribution in [3.05, 3.63) is 29.3 Å². The van der Waals surface area contributed by atoms with Crippen LogP contribution < -0.4 is 5.73 Å². The predicted octanol–water partition coefficient (Wildman–Crippen LogP) is 2.61. The smallest absolute Gasteiger partial charge is 0.0349 e. The Morgan fingerprint density at radius 3 is 2.76 bits per heavy atom. The fraction of sp³-hybridized carbons (Fsp3) is 0.600. The summed E-state index contributed by atoms with van der Waals surface area (Å²) in [7, 11) is 0. The first-order valence-corrected chi connectivity index (χ1v) is 6.95. The van der Waals surface area contributed by atoms with Crippen molar-refractivity contribution in [2.75, 3.05) is 18.8 Å². The third kappa shape index (κ3) is 2.19. The molecule has 1 aliphatic heterocycles. The summed E-state index contributed by atoms with van der Waals surface area (Å²) in [6, 6.07) is 7.18. The molecule has 1 saturated heterocycles. The maximum absolute atomic E-state index is 6.05. The Morgan fingerprint density at radius 1 is 1.12 bits per heavy atom. The Kier molecular flexibility index (Phi) is 3.06. The van der Waals surface area contributed by atoms with Gasteiger partial charge in [0.1, 0.15) is 0 Å². The monoisotopic (exact) mass is 230 g/mol. The number of hydrogen-bond donors (Lipinski definition) is 1. The van der Waals surface area contributed by atoms with E-state index < -0.39 is 0 Å². The highest BCUT2D eigenvalue weighted by Gasteiger charge is 2.25. The molecule has 2 N–H and O–H groups in total. The Balaban J connectivity index is 1.76. The van der Waals surface area contributed by atoms with Gasteiger partial charge in [0.05, 0.1) is 0 Å². The number of piperidine rings is 1. The van der Waals surface area contributed by atoms with Crippen molar-refractivity contribution < 1.29 is 0 Å². The van der Waals surface area contributed by atoms with Crippen LogP contribution in [0, 0.1) is 0 Å². The summed E-state index contributed by atoms with van der Waals surface area (Å²) in [6.45, 7) is 2.62. The van der Waals surface area contributed by atoms with Crippen LogP contribution in [0.3, 0.4) is 0 Å². The maximum atomic E-state index is 6.05. The highest BCUT2D eigenvalue weighted by atomic mass is 15.2.